The summed E-state index contributed by atoms with van der Waals surface area (Å²) in [7, 11) is 3.35. The molecule has 1 rings (SSSR count). The van der Waals surface area contributed by atoms with Crippen molar-refractivity contribution in [2.24, 2.45) is 0 Å². The van der Waals surface area contributed by atoms with Crippen LogP contribution < -0.4 is 9.64 Å². The van der Waals surface area contributed by atoms with Gasteiger partial charge in [-0.1, -0.05) is 35.0 Å². The number of amides is 1. The van der Waals surface area contributed by atoms with Gasteiger partial charge in [-0.05, 0) is 18.6 Å². The number of ether oxygens (including phenoxy) is 1. The summed E-state index contributed by atoms with van der Waals surface area (Å²) < 4.78 is 5.22. The van der Waals surface area contributed by atoms with Crippen LogP contribution >= 0.6 is 15.9 Å². The van der Waals surface area contributed by atoms with Crippen LogP contribution in [0.1, 0.15) is 13.3 Å². The van der Waals surface area contributed by atoms with Crippen LogP contribution in [0, 0.1) is 0 Å². The average molecular weight is 286 g/mol. The number of methoxy groups -OCH3 is 1. The van der Waals surface area contributed by atoms with Gasteiger partial charge in [-0.3, -0.25) is 4.79 Å². The topological polar surface area (TPSA) is 29.5 Å². The Morgan fingerprint density at radius 2 is 2.12 bits per heavy atom. The van der Waals surface area contributed by atoms with Gasteiger partial charge in [0.25, 0.3) is 0 Å². The molecule has 88 valence electrons. The highest BCUT2D eigenvalue weighted by molar-refractivity contribution is 9.10. The van der Waals surface area contributed by atoms with E-state index >= 15 is 0 Å². The minimum atomic E-state index is -0.151. The Labute approximate surface area is 105 Å². The molecule has 0 spiro atoms. The van der Waals surface area contributed by atoms with Crippen molar-refractivity contribution in [1.29, 1.82) is 0 Å². The first-order valence-corrected chi connectivity index (χ1v) is 6.08. The van der Waals surface area contributed by atoms with Crippen LogP contribution in [0.25, 0.3) is 0 Å². The number of para-hydroxylation sites is 2. The van der Waals surface area contributed by atoms with Crippen LogP contribution in [-0.4, -0.2) is 24.9 Å². The van der Waals surface area contributed by atoms with Crippen LogP contribution in [0.15, 0.2) is 24.3 Å². The molecule has 1 aromatic rings. The Bertz CT molecular complexity index is 368. The molecule has 0 aliphatic carbocycles. The molecule has 0 saturated carbocycles. The molecule has 1 aromatic carbocycles. The predicted molar refractivity (Wildman–Crippen MR) is 69.4 cm³/mol. The molecule has 0 bridgehead atoms. The van der Waals surface area contributed by atoms with E-state index in [1.807, 2.05) is 31.2 Å². The minimum Gasteiger partial charge on any atom is -0.495 e. The number of rotatable bonds is 4. The third-order valence-corrected chi connectivity index (χ3v) is 3.44. The van der Waals surface area contributed by atoms with Crippen molar-refractivity contribution >= 4 is 27.5 Å². The van der Waals surface area contributed by atoms with E-state index in [2.05, 4.69) is 15.9 Å². The van der Waals surface area contributed by atoms with Gasteiger partial charge in [0.1, 0.15) is 5.75 Å². The Morgan fingerprint density at radius 1 is 1.50 bits per heavy atom. The summed E-state index contributed by atoms with van der Waals surface area (Å²) in [5.41, 5.74) is 0.785. The summed E-state index contributed by atoms with van der Waals surface area (Å²) in [6, 6.07) is 7.48. The molecule has 3 nitrogen and oxygen atoms in total. The summed E-state index contributed by atoms with van der Waals surface area (Å²) in [4.78, 5) is 13.4. The fourth-order valence-corrected chi connectivity index (χ4v) is 1.72. The van der Waals surface area contributed by atoms with Crippen LogP contribution in [0.5, 0.6) is 5.75 Å². The number of carbonyl (C=O) groups is 1. The number of nitrogens with zero attached hydrogens (tertiary/aromatic N) is 1. The molecule has 0 heterocycles. The lowest BCUT2D eigenvalue weighted by atomic mass is 10.2. The maximum atomic E-state index is 12.0. The zero-order valence-electron chi connectivity index (χ0n) is 9.74. The second-order valence-electron chi connectivity index (χ2n) is 3.44. The van der Waals surface area contributed by atoms with Gasteiger partial charge < -0.3 is 9.64 Å². The molecule has 1 amide bonds. The van der Waals surface area contributed by atoms with Gasteiger partial charge in [-0.15, -0.1) is 0 Å². The number of carbonyl (C=O) groups excluding carboxylic acids is 1. The third-order valence-electron chi connectivity index (χ3n) is 2.40. The van der Waals surface area contributed by atoms with Crippen molar-refractivity contribution in [3.05, 3.63) is 24.3 Å². The largest absolute Gasteiger partial charge is 0.495 e. The molecule has 0 radical (unpaired) electrons. The maximum Gasteiger partial charge on any atom is 0.240 e. The Kier molecular flexibility index (Phi) is 4.80. The molecular formula is C12H16BrNO2. The number of benzene rings is 1. The van der Waals surface area contributed by atoms with Gasteiger partial charge in [0.05, 0.1) is 17.6 Å². The predicted octanol–water partition coefficient (Wildman–Crippen LogP) is 2.83. The SMILES string of the molecule is CCC(Br)C(=O)N(C)c1ccccc1OC. The maximum absolute atomic E-state index is 12.0. The van der Waals surface area contributed by atoms with E-state index in [1.165, 1.54) is 0 Å². The summed E-state index contributed by atoms with van der Waals surface area (Å²) in [6.07, 6.45) is 0.762. The first-order valence-electron chi connectivity index (χ1n) is 5.16. The molecule has 0 aromatic heterocycles. The molecule has 1 unspecified atom stereocenters. The molecule has 4 heteroatoms. The lowest BCUT2D eigenvalue weighted by molar-refractivity contribution is -0.117. The van der Waals surface area contributed by atoms with Crippen LogP contribution in [0.4, 0.5) is 5.69 Å². The van der Waals surface area contributed by atoms with Crippen LogP contribution in [0.2, 0.25) is 0 Å². The van der Waals surface area contributed by atoms with Gasteiger partial charge in [0.2, 0.25) is 5.91 Å². The van der Waals surface area contributed by atoms with Crippen molar-refractivity contribution < 1.29 is 9.53 Å². The standard InChI is InChI=1S/C12H16BrNO2/c1-4-9(13)12(15)14(2)10-7-5-6-8-11(10)16-3/h5-9H,4H2,1-3H3. The highest BCUT2D eigenvalue weighted by Crippen LogP contribution is 2.27. The zero-order chi connectivity index (χ0) is 12.1. The molecular weight excluding hydrogens is 270 g/mol. The van der Waals surface area contributed by atoms with E-state index in [0.717, 1.165) is 12.1 Å². The van der Waals surface area contributed by atoms with Gasteiger partial charge in [-0.2, -0.15) is 0 Å². The van der Waals surface area contributed by atoms with E-state index in [4.69, 9.17) is 4.74 Å². The highest BCUT2D eigenvalue weighted by Gasteiger charge is 2.20. The van der Waals surface area contributed by atoms with Crippen molar-refractivity contribution in [1.82, 2.24) is 0 Å². The van der Waals surface area contributed by atoms with Crippen molar-refractivity contribution in [3.8, 4) is 5.75 Å². The molecule has 0 aliphatic rings. The minimum absolute atomic E-state index is 0.0343. The lowest BCUT2D eigenvalue weighted by Crippen LogP contribution is -2.33. The van der Waals surface area contributed by atoms with Crippen LogP contribution in [-0.2, 0) is 4.79 Å². The Hall–Kier alpha value is -1.03. The summed E-state index contributed by atoms with van der Waals surface area (Å²) in [6.45, 7) is 1.97. The lowest BCUT2D eigenvalue weighted by Gasteiger charge is -2.21. The van der Waals surface area contributed by atoms with Gasteiger partial charge in [0, 0.05) is 7.05 Å². The number of anilines is 1. The van der Waals surface area contributed by atoms with Crippen LogP contribution in [0.3, 0.4) is 0 Å². The molecule has 0 N–H and O–H groups in total. The molecule has 16 heavy (non-hydrogen) atoms. The van der Waals surface area contributed by atoms with E-state index in [1.54, 1.807) is 19.1 Å². The molecule has 0 aliphatic heterocycles. The van der Waals surface area contributed by atoms with Gasteiger partial charge >= 0.3 is 0 Å². The summed E-state index contributed by atoms with van der Waals surface area (Å²) in [5, 5.41) is 0. The van der Waals surface area contributed by atoms with E-state index in [-0.39, 0.29) is 10.7 Å². The first-order chi connectivity index (χ1) is 7.61. The number of hydrogen-bond acceptors (Lipinski definition) is 2. The van der Waals surface area contributed by atoms with E-state index < -0.39 is 0 Å². The van der Waals surface area contributed by atoms with Gasteiger partial charge in [0.15, 0.2) is 0 Å². The second kappa shape index (κ2) is 5.89. The monoisotopic (exact) mass is 285 g/mol. The average Bonchev–Trinajstić information content (AvgIpc) is 2.35. The second-order valence-corrected chi connectivity index (χ2v) is 4.55. The van der Waals surface area contributed by atoms with Crippen molar-refractivity contribution in [3.63, 3.8) is 0 Å². The molecule has 0 fully saturated rings. The number of halogens is 1. The summed E-state index contributed by atoms with van der Waals surface area (Å²) >= 11 is 3.35. The fourth-order valence-electron chi connectivity index (χ4n) is 1.41. The summed E-state index contributed by atoms with van der Waals surface area (Å²) in [5.74, 6) is 0.737. The number of hydrogen-bond donors (Lipinski definition) is 0. The fraction of sp³-hybridized carbons (Fsp3) is 0.417. The first kappa shape index (κ1) is 13.0. The van der Waals surface area contributed by atoms with Crippen molar-refractivity contribution in [2.75, 3.05) is 19.1 Å². The highest BCUT2D eigenvalue weighted by atomic mass is 79.9. The van der Waals surface area contributed by atoms with E-state index in [0.29, 0.717) is 5.75 Å². The van der Waals surface area contributed by atoms with Gasteiger partial charge in [-0.25, -0.2) is 0 Å². The Morgan fingerprint density at radius 3 is 2.69 bits per heavy atom. The zero-order valence-corrected chi connectivity index (χ0v) is 11.3. The quantitative estimate of drug-likeness (QED) is 0.797. The third kappa shape index (κ3) is 2.76. The smallest absolute Gasteiger partial charge is 0.240 e. The Balaban J connectivity index is 2.95. The molecule has 1 atom stereocenters. The number of alkyl halides is 1. The van der Waals surface area contributed by atoms with E-state index in [9.17, 15) is 4.79 Å². The normalized spacial score (nSPS) is 12.0. The molecule has 0 saturated heterocycles. The van der Waals surface area contributed by atoms with Crippen molar-refractivity contribution in [2.45, 2.75) is 18.2 Å².